The molecule has 2 rings (SSSR count). The van der Waals surface area contributed by atoms with Crippen molar-refractivity contribution in [1.29, 1.82) is 0 Å². The Morgan fingerprint density at radius 1 is 1.04 bits per heavy atom. The van der Waals surface area contributed by atoms with Crippen LogP contribution in [-0.4, -0.2) is 31.1 Å². The molecule has 0 saturated carbocycles. The number of halogens is 2. The molecule has 0 aliphatic rings. The maximum absolute atomic E-state index is 11.9. The maximum atomic E-state index is 11.9. The summed E-state index contributed by atoms with van der Waals surface area (Å²) in [7, 11) is 0. The van der Waals surface area contributed by atoms with E-state index in [1.165, 1.54) is 18.2 Å². The first-order chi connectivity index (χ1) is 13.4. The molecule has 1 N–H and O–H groups in total. The van der Waals surface area contributed by atoms with E-state index in [1.807, 2.05) is 0 Å². The maximum Gasteiger partial charge on any atom is 0.338 e. The molecule has 0 fully saturated rings. The van der Waals surface area contributed by atoms with Gasteiger partial charge in [0.2, 0.25) is 0 Å². The summed E-state index contributed by atoms with van der Waals surface area (Å²) in [6, 6.07) is 11.0. The molecule has 1 amide bonds. The fourth-order valence-corrected chi connectivity index (χ4v) is 2.55. The van der Waals surface area contributed by atoms with Crippen LogP contribution in [0.15, 0.2) is 48.5 Å². The van der Waals surface area contributed by atoms with E-state index < -0.39 is 24.5 Å². The highest BCUT2D eigenvalue weighted by molar-refractivity contribution is 6.35. The third kappa shape index (κ3) is 6.72. The first kappa shape index (κ1) is 21.5. The standard InChI is InChI=1S/C20H17Cl2NO5/c1-2-27-20(26)14-4-8-16(9-5-14)23-18(24)12-28-19(25)10-6-13-3-7-15(21)11-17(13)22/h3-11H,2,12H2,1H3,(H,23,24)/b10-6+. The topological polar surface area (TPSA) is 81.7 Å². The summed E-state index contributed by atoms with van der Waals surface area (Å²) in [5.41, 5.74) is 1.42. The molecule has 0 spiro atoms. The number of amides is 1. The van der Waals surface area contributed by atoms with Gasteiger partial charge in [-0.1, -0.05) is 29.3 Å². The van der Waals surface area contributed by atoms with Crippen LogP contribution >= 0.6 is 23.2 Å². The SMILES string of the molecule is CCOC(=O)c1ccc(NC(=O)COC(=O)/C=C/c2ccc(Cl)cc2Cl)cc1. The lowest BCUT2D eigenvalue weighted by Crippen LogP contribution is -2.20. The molecular weight excluding hydrogens is 405 g/mol. The number of carbonyl (C=O) groups is 3. The van der Waals surface area contributed by atoms with Gasteiger partial charge in [0.15, 0.2) is 6.61 Å². The number of anilines is 1. The number of nitrogens with one attached hydrogen (secondary N) is 1. The predicted octanol–water partition coefficient (Wildman–Crippen LogP) is 4.37. The summed E-state index contributed by atoms with van der Waals surface area (Å²) >= 11 is 11.8. The second-order valence-corrected chi connectivity index (χ2v) is 6.30. The minimum Gasteiger partial charge on any atom is -0.462 e. The third-order valence-corrected chi connectivity index (χ3v) is 3.95. The summed E-state index contributed by atoms with van der Waals surface area (Å²) < 4.78 is 9.75. The van der Waals surface area contributed by atoms with Crippen LogP contribution in [0.1, 0.15) is 22.8 Å². The number of rotatable bonds is 7. The highest BCUT2D eigenvalue weighted by atomic mass is 35.5. The molecule has 2 aromatic rings. The molecule has 0 aliphatic heterocycles. The Hall–Kier alpha value is -2.83. The molecule has 8 heteroatoms. The largest absolute Gasteiger partial charge is 0.462 e. The highest BCUT2D eigenvalue weighted by Crippen LogP contribution is 2.22. The Morgan fingerprint density at radius 3 is 2.39 bits per heavy atom. The van der Waals surface area contributed by atoms with Crippen molar-refractivity contribution in [2.75, 3.05) is 18.5 Å². The summed E-state index contributed by atoms with van der Waals surface area (Å²) in [6.07, 6.45) is 2.63. The molecule has 0 bridgehead atoms. The fourth-order valence-electron chi connectivity index (χ4n) is 2.08. The van der Waals surface area contributed by atoms with Crippen molar-refractivity contribution < 1.29 is 23.9 Å². The highest BCUT2D eigenvalue weighted by Gasteiger charge is 2.09. The fraction of sp³-hybridized carbons (Fsp3) is 0.150. The molecular formula is C20H17Cl2NO5. The van der Waals surface area contributed by atoms with Crippen molar-refractivity contribution in [3.8, 4) is 0 Å². The lowest BCUT2D eigenvalue weighted by Gasteiger charge is -2.06. The molecule has 146 valence electrons. The molecule has 0 unspecified atom stereocenters. The quantitative estimate of drug-likeness (QED) is 0.530. The smallest absolute Gasteiger partial charge is 0.338 e. The molecule has 2 aromatic carbocycles. The van der Waals surface area contributed by atoms with Crippen LogP contribution in [0.5, 0.6) is 0 Å². The van der Waals surface area contributed by atoms with Crippen LogP contribution in [0.4, 0.5) is 5.69 Å². The Kier molecular flexibility index (Phi) is 8.04. The molecule has 0 heterocycles. The first-order valence-electron chi connectivity index (χ1n) is 8.26. The van der Waals surface area contributed by atoms with E-state index in [4.69, 9.17) is 32.7 Å². The van der Waals surface area contributed by atoms with E-state index in [0.29, 0.717) is 26.9 Å². The second kappa shape index (κ2) is 10.5. The molecule has 0 atom stereocenters. The van der Waals surface area contributed by atoms with Crippen LogP contribution in [-0.2, 0) is 19.1 Å². The average molecular weight is 422 g/mol. The van der Waals surface area contributed by atoms with E-state index in [0.717, 1.165) is 6.08 Å². The molecule has 6 nitrogen and oxygen atoms in total. The Balaban J connectivity index is 1.82. The van der Waals surface area contributed by atoms with Gasteiger partial charge >= 0.3 is 11.9 Å². The van der Waals surface area contributed by atoms with Gasteiger partial charge in [0.05, 0.1) is 12.2 Å². The van der Waals surface area contributed by atoms with Gasteiger partial charge in [0.1, 0.15) is 0 Å². The van der Waals surface area contributed by atoms with E-state index in [2.05, 4.69) is 5.32 Å². The van der Waals surface area contributed by atoms with Crippen molar-refractivity contribution in [2.45, 2.75) is 6.92 Å². The van der Waals surface area contributed by atoms with Gasteiger partial charge in [-0.3, -0.25) is 4.79 Å². The Bertz CT molecular complexity index is 894. The zero-order valence-electron chi connectivity index (χ0n) is 14.9. The van der Waals surface area contributed by atoms with Crippen LogP contribution in [0.2, 0.25) is 10.0 Å². The summed E-state index contributed by atoms with van der Waals surface area (Å²) in [5.74, 6) is -1.66. The average Bonchev–Trinajstić information content (AvgIpc) is 2.66. The van der Waals surface area contributed by atoms with Crippen LogP contribution in [0.25, 0.3) is 6.08 Å². The number of benzene rings is 2. The number of carbonyl (C=O) groups excluding carboxylic acids is 3. The van der Waals surface area contributed by atoms with Crippen molar-refractivity contribution in [3.05, 3.63) is 69.7 Å². The molecule has 0 aromatic heterocycles. The van der Waals surface area contributed by atoms with Crippen LogP contribution in [0.3, 0.4) is 0 Å². The van der Waals surface area contributed by atoms with Gasteiger partial charge in [-0.25, -0.2) is 9.59 Å². The molecule has 0 saturated heterocycles. The van der Waals surface area contributed by atoms with Crippen molar-refractivity contribution >= 4 is 52.8 Å². The Morgan fingerprint density at radius 2 is 1.75 bits per heavy atom. The summed E-state index contributed by atoms with van der Waals surface area (Å²) in [6.45, 7) is 1.53. The van der Waals surface area contributed by atoms with Gasteiger partial charge in [0.25, 0.3) is 5.91 Å². The van der Waals surface area contributed by atoms with Crippen molar-refractivity contribution in [3.63, 3.8) is 0 Å². The second-order valence-electron chi connectivity index (χ2n) is 5.45. The van der Waals surface area contributed by atoms with E-state index in [-0.39, 0.29) is 6.61 Å². The normalized spacial score (nSPS) is 10.5. The number of ether oxygens (including phenoxy) is 2. The minimum absolute atomic E-state index is 0.279. The summed E-state index contributed by atoms with van der Waals surface area (Å²) in [5, 5.41) is 3.43. The van der Waals surface area contributed by atoms with Gasteiger partial charge in [-0.2, -0.15) is 0 Å². The van der Waals surface area contributed by atoms with Gasteiger partial charge in [-0.05, 0) is 55.0 Å². The van der Waals surface area contributed by atoms with E-state index in [9.17, 15) is 14.4 Å². The predicted molar refractivity (Wildman–Crippen MR) is 107 cm³/mol. The van der Waals surface area contributed by atoms with Gasteiger partial charge < -0.3 is 14.8 Å². The number of hydrogen-bond donors (Lipinski definition) is 1. The third-order valence-electron chi connectivity index (χ3n) is 3.39. The molecule has 0 radical (unpaired) electrons. The lowest BCUT2D eigenvalue weighted by atomic mass is 10.2. The van der Waals surface area contributed by atoms with Crippen LogP contribution < -0.4 is 5.32 Å². The Labute approximate surface area is 172 Å². The zero-order valence-corrected chi connectivity index (χ0v) is 16.4. The first-order valence-corrected chi connectivity index (χ1v) is 9.01. The minimum atomic E-state index is -0.696. The summed E-state index contributed by atoms with van der Waals surface area (Å²) in [4.78, 5) is 35.2. The van der Waals surface area contributed by atoms with Crippen LogP contribution in [0, 0.1) is 0 Å². The molecule has 28 heavy (non-hydrogen) atoms. The van der Waals surface area contributed by atoms with Gasteiger partial charge in [0, 0.05) is 21.8 Å². The van der Waals surface area contributed by atoms with E-state index in [1.54, 1.807) is 37.3 Å². The van der Waals surface area contributed by atoms with Crippen molar-refractivity contribution in [2.24, 2.45) is 0 Å². The van der Waals surface area contributed by atoms with E-state index >= 15 is 0 Å². The number of hydrogen-bond acceptors (Lipinski definition) is 5. The zero-order chi connectivity index (χ0) is 20.5. The van der Waals surface area contributed by atoms with Crippen molar-refractivity contribution in [1.82, 2.24) is 0 Å². The molecule has 0 aliphatic carbocycles. The lowest BCUT2D eigenvalue weighted by molar-refractivity contribution is -0.142. The monoisotopic (exact) mass is 421 g/mol. The number of esters is 2. The van der Waals surface area contributed by atoms with Gasteiger partial charge in [-0.15, -0.1) is 0 Å².